The van der Waals surface area contributed by atoms with Crippen LogP contribution in [-0.4, -0.2) is 22.9 Å². The summed E-state index contributed by atoms with van der Waals surface area (Å²) in [7, 11) is -1.97. The van der Waals surface area contributed by atoms with E-state index in [9.17, 15) is 4.21 Å². The molecule has 3 heteroatoms. The second kappa shape index (κ2) is 3.98. The molecule has 0 saturated heterocycles. The summed E-state index contributed by atoms with van der Waals surface area (Å²) >= 11 is 0. The topological polar surface area (TPSA) is 29.1 Å². The van der Waals surface area contributed by atoms with Crippen LogP contribution in [0.1, 0.15) is 20.3 Å². The van der Waals surface area contributed by atoms with E-state index in [0.29, 0.717) is 5.92 Å². The van der Waals surface area contributed by atoms with Gasteiger partial charge < -0.3 is 0 Å². The standard InChI is InChI=1S/C7H17NOS/c1-7(2)5-6-8-10(3,4)9/h7H,3,5-6H2,1-2,4H3,(H,8,9). The van der Waals surface area contributed by atoms with Crippen LogP contribution in [0.2, 0.25) is 0 Å². The zero-order valence-corrected chi connectivity index (χ0v) is 7.83. The van der Waals surface area contributed by atoms with Gasteiger partial charge in [-0.3, -0.25) is 4.21 Å². The zero-order valence-electron chi connectivity index (χ0n) is 7.02. The molecule has 0 aromatic rings. The Morgan fingerprint density at radius 3 is 2.40 bits per heavy atom. The quantitative estimate of drug-likeness (QED) is 0.613. The second-order valence-corrected chi connectivity index (χ2v) is 5.38. The molecule has 0 radical (unpaired) electrons. The van der Waals surface area contributed by atoms with Gasteiger partial charge in [0.1, 0.15) is 0 Å². The molecule has 1 N–H and O–H groups in total. The Labute approximate surface area is 64.2 Å². The third-order valence-electron chi connectivity index (χ3n) is 1.13. The first-order valence-electron chi connectivity index (χ1n) is 3.48. The monoisotopic (exact) mass is 163 g/mol. The lowest BCUT2D eigenvalue weighted by Crippen LogP contribution is -2.23. The molecule has 0 saturated carbocycles. The predicted molar refractivity (Wildman–Crippen MR) is 48.6 cm³/mol. The van der Waals surface area contributed by atoms with Crippen LogP contribution >= 0.6 is 0 Å². The van der Waals surface area contributed by atoms with E-state index >= 15 is 0 Å². The molecule has 0 bridgehead atoms. The maximum atomic E-state index is 10.9. The van der Waals surface area contributed by atoms with Crippen LogP contribution in [0.25, 0.3) is 0 Å². The van der Waals surface area contributed by atoms with Gasteiger partial charge in [0.15, 0.2) is 0 Å². The summed E-state index contributed by atoms with van der Waals surface area (Å²) in [5.74, 6) is 4.15. The molecule has 62 valence electrons. The van der Waals surface area contributed by atoms with E-state index in [4.69, 9.17) is 0 Å². The van der Waals surface area contributed by atoms with Crippen LogP contribution < -0.4 is 4.72 Å². The number of rotatable bonds is 4. The summed E-state index contributed by atoms with van der Waals surface area (Å²) in [6, 6.07) is 0. The third kappa shape index (κ3) is 7.98. The van der Waals surface area contributed by atoms with Crippen molar-refractivity contribution in [3.8, 4) is 0 Å². The second-order valence-electron chi connectivity index (χ2n) is 3.08. The minimum Gasteiger partial charge on any atom is -0.253 e. The van der Waals surface area contributed by atoms with Gasteiger partial charge in [0.25, 0.3) is 0 Å². The zero-order chi connectivity index (χ0) is 8.20. The fraction of sp³-hybridized carbons (Fsp3) is 0.857. The van der Waals surface area contributed by atoms with Gasteiger partial charge in [0.2, 0.25) is 0 Å². The van der Waals surface area contributed by atoms with E-state index < -0.39 is 9.71 Å². The van der Waals surface area contributed by atoms with Crippen molar-refractivity contribution in [1.82, 2.24) is 4.72 Å². The highest BCUT2D eigenvalue weighted by Crippen LogP contribution is 1.96. The smallest absolute Gasteiger partial charge is 0.0219 e. The average molecular weight is 163 g/mol. The molecular weight excluding hydrogens is 146 g/mol. The molecule has 10 heavy (non-hydrogen) atoms. The van der Waals surface area contributed by atoms with Gasteiger partial charge in [0, 0.05) is 22.5 Å². The highest BCUT2D eigenvalue weighted by Gasteiger charge is 1.95. The van der Waals surface area contributed by atoms with Crippen LogP contribution in [0.3, 0.4) is 0 Å². The van der Waals surface area contributed by atoms with Crippen LogP contribution in [0.5, 0.6) is 0 Å². The predicted octanol–water partition coefficient (Wildman–Crippen LogP) is 0.883. The summed E-state index contributed by atoms with van der Waals surface area (Å²) in [6.45, 7) is 5.08. The molecule has 0 rings (SSSR count). The van der Waals surface area contributed by atoms with Crippen molar-refractivity contribution < 1.29 is 4.21 Å². The van der Waals surface area contributed by atoms with E-state index in [-0.39, 0.29) is 0 Å². The van der Waals surface area contributed by atoms with E-state index in [2.05, 4.69) is 24.4 Å². The molecule has 0 fully saturated rings. The first kappa shape index (κ1) is 9.98. The molecule has 0 amide bonds. The molecule has 2 nitrogen and oxygen atoms in total. The van der Waals surface area contributed by atoms with Crippen molar-refractivity contribution in [3.63, 3.8) is 0 Å². The molecular formula is C7H17NOS. The lowest BCUT2D eigenvalue weighted by molar-refractivity contribution is 0.578. The van der Waals surface area contributed by atoms with Gasteiger partial charge in [-0.05, 0) is 18.2 Å². The van der Waals surface area contributed by atoms with Gasteiger partial charge in [-0.1, -0.05) is 13.8 Å². The average Bonchev–Trinajstić information content (AvgIpc) is 1.59. The van der Waals surface area contributed by atoms with Crippen molar-refractivity contribution in [2.45, 2.75) is 20.3 Å². The summed E-state index contributed by atoms with van der Waals surface area (Å²) in [4.78, 5) is 0. The fourth-order valence-electron chi connectivity index (χ4n) is 0.563. The summed E-state index contributed by atoms with van der Waals surface area (Å²) in [5.41, 5.74) is 0. The molecule has 0 aliphatic heterocycles. The van der Waals surface area contributed by atoms with Crippen molar-refractivity contribution in [1.29, 1.82) is 0 Å². The number of hydrogen-bond donors (Lipinski definition) is 1. The lowest BCUT2D eigenvalue weighted by atomic mass is 10.1. The Bertz CT molecular complexity index is 170. The van der Waals surface area contributed by atoms with Gasteiger partial charge in [-0.2, -0.15) is 0 Å². The largest absolute Gasteiger partial charge is 0.253 e. The summed E-state index contributed by atoms with van der Waals surface area (Å²) in [6.07, 6.45) is 2.67. The number of nitrogens with one attached hydrogen (secondary N) is 1. The van der Waals surface area contributed by atoms with Gasteiger partial charge >= 0.3 is 0 Å². The Kier molecular flexibility index (Phi) is 3.98. The Balaban J connectivity index is 3.39. The third-order valence-corrected chi connectivity index (χ3v) is 1.94. The van der Waals surface area contributed by atoms with Crippen molar-refractivity contribution in [2.75, 3.05) is 12.8 Å². The van der Waals surface area contributed by atoms with Gasteiger partial charge in [0.05, 0.1) is 0 Å². The highest BCUT2D eigenvalue weighted by atomic mass is 32.2. The molecule has 0 aliphatic rings. The van der Waals surface area contributed by atoms with E-state index in [1.807, 2.05) is 0 Å². The molecule has 0 heterocycles. The van der Waals surface area contributed by atoms with E-state index in [0.717, 1.165) is 13.0 Å². The van der Waals surface area contributed by atoms with Crippen molar-refractivity contribution >= 4 is 15.6 Å². The molecule has 0 aliphatic carbocycles. The van der Waals surface area contributed by atoms with Gasteiger partial charge in [-0.15, -0.1) is 0 Å². The summed E-state index contributed by atoms with van der Waals surface area (Å²) in [5, 5.41) is 0. The minimum absolute atomic E-state index is 0.661. The first-order valence-corrected chi connectivity index (χ1v) is 5.62. The van der Waals surface area contributed by atoms with Gasteiger partial charge in [-0.25, -0.2) is 4.72 Å². The normalized spacial score (nSPS) is 17.2. The maximum Gasteiger partial charge on any atom is 0.0219 e. The maximum absolute atomic E-state index is 10.9. The summed E-state index contributed by atoms with van der Waals surface area (Å²) < 4.78 is 13.8. The molecule has 0 aromatic heterocycles. The number of hydrogen-bond acceptors (Lipinski definition) is 1. The Hall–Kier alpha value is -0.0200. The molecule has 0 aromatic carbocycles. The van der Waals surface area contributed by atoms with Crippen LogP contribution in [0.4, 0.5) is 0 Å². The Morgan fingerprint density at radius 1 is 1.60 bits per heavy atom. The van der Waals surface area contributed by atoms with Crippen LogP contribution in [0, 0.1) is 5.92 Å². The lowest BCUT2D eigenvalue weighted by Gasteiger charge is -2.06. The van der Waals surface area contributed by atoms with Crippen molar-refractivity contribution in [3.05, 3.63) is 0 Å². The first-order chi connectivity index (χ1) is 4.42. The molecule has 1 unspecified atom stereocenters. The van der Waals surface area contributed by atoms with Crippen LogP contribution in [0.15, 0.2) is 0 Å². The minimum atomic E-state index is -1.97. The molecule has 1 atom stereocenters. The molecule has 0 spiro atoms. The van der Waals surface area contributed by atoms with Crippen LogP contribution in [-0.2, 0) is 9.71 Å². The Morgan fingerprint density at radius 2 is 2.10 bits per heavy atom. The van der Waals surface area contributed by atoms with E-state index in [1.54, 1.807) is 6.26 Å². The highest BCUT2D eigenvalue weighted by molar-refractivity contribution is 7.97. The van der Waals surface area contributed by atoms with E-state index in [1.165, 1.54) is 0 Å². The SMILES string of the molecule is C=S(C)(=O)NCCC(C)C. The fourth-order valence-corrected chi connectivity index (χ4v) is 1.11. The van der Waals surface area contributed by atoms with Crippen molar-refractivity contribution in [2.24, 2.45) is 5.92 Å².